The first kappa shape index (κ1) is 17.6. The van der Waals surface area contributed by atoms with Crippen LogP contribution in [-0.4, -0.2) is 27.7 Å². The summed E-state index contributed by atoms with van der Waals surface area (Å²) in [7, 11) is 0. The van der Waals surface area contributed by atoms with Gasteiger partial charge in [-0.1, -0.05) is 42.5 Å². The number of hydrogen-bond donors (Lipinski definition) is 1. The number of phenols is 1. The maximum Gasteiger partial charge on any atom is 0.293 e. The Morgan fingerprint density at radius 3 is 2.62 bits per heavy atom. The van der Waals surface area contributed by atoms with Crippen LogP contribution in [-0.2, 0) is 4.79 Å². The van der Waals surface area contributed by atoms with Gasteiger partial charge in [0.15, 0.2) is 0 Å². The number of imide groups is 1. The maximum absolute atomic E-state index is 12.5. The molecule has 0 radical (unpaired) electrons. The Kier molecular flexibility index (Phi) is 5.42. The molecule has 0 spiro atoms. The zero-order valence-corrected chi connectivity index (χ0v) is 15.3. The van der Waals surface area contributed by atoms with Crippen molar-refractivity contribution in [1.29, 1.82) is 0 Å². The van der Waals surface area contributed by atoms with Crippen molar-refractivity contribution in [1.82, 2.24) is 4.90 Å². The van der Waals surface area contributed by atoms with Crippen molar-refractivity contribution in [2.75, 3.05) is 6.54 Å². The zero-order chi connectivity index (χ0) is 17.3. The van der Waals surface area contributed by atoms with Gasteiger partial charge in [0.25, 0.3) is 11.1 Å². The van der Waals surface area contributed by atoms with Crippen molar-refractivity contribution in [2.24, 2.45) is 5.92 Å². The Morgan fingerprint density at radius 1 is 1.21 bits per heavy atom. The van der Waals surface area contributed by atoms with Gasteiger partial charge in [0.2, 0.25) is 0 Å². The largest absolute Gasteiger partial charge is 0.506 e. The van der Waals surface area contributed by atoms with Gasteiger partial charge in [0.1, 0.15) is 5.75 Å². The van der Waals surface area contributed by atoms with Gasteiger partial charge in [-0.25, -0.2) is 0 Å². The van der Waals surface area contributed by atoms with E-state index in [-0.39, 0.29) is 26.8 Å². The number of rotatable bonds is 3. The van der Waals surface area contributed by atoms with Gasteiger partial charge < -0.3 is 5.11 Å². The van der Waals surface area contributed by atoms with E-state index in [2.05, 4.69) is 0 Å². The summed E-state index contributed by atoms with van der Waals surface area (Å²) in [5, 5.41) is 10.2. The van der Waals surface area contributed by atoms with Crippen LogP contribution >= 0.6 is 35.0 Å². The van der Waals surface area contributed by atoms with E-state index in [1.165, 1.54) is 29.5 Å². The second-order valence-electron chi connectivity index (χ2n) is 6.12. The number of hydrogen-bond acceptors (Lipinski definition) is 4. The molecule has 1 saturated carbocycles. The van der Waals surface area contributed by atoms with Crippen molar-refractivity contribution < 1.29 is 14.7 Å². The molecule has 24 heavy (non-hydrogen) atoms. The van der Waals surface area contributed by atoms with E-state index < -0.39 is 0 Å². The lowest BCUT2D eigenvalue weighted by Crippen LogP contribution is -2.34. The van der Waals surface area contributed by atoms with E-state index in [1.54, 1.807) is 0 Å². The SMILES string of the molecule is O=C1S/C(=C/c2cc(Cl)cc(Cl)c2O)C(=O)N1CC1CCCCC1. The highest BCUT2D eigenvalue weighted by Crippen LogP contribution is 2.38. The molecule has 1 heterocycles. The highest BCUT2D eigenvalue weighted by atomic mass is 35.5. The Balaban J connectivity index is 1.80. The maximum atomic E-state index is 12.5. The summed E-state index contributed by atoms with van der Waals surface area (Å²) < 4.78 is 0. The highest BCUT2D eigenvalue weighted by molar-refractivity contribution is 8.18. The van der Waals surface area contributed by atoms with Gasteiger partial charge in [-0.05, 0) is 48.7 Å². The number of aromatic hydroxyl groups is 1. The van der Waals surface area contributed by atoms with Crippen LogP contribution < -0.4 is 0 Å². The average Bonchev–Trinajstić information content (AvgIpc) is 2.81. The van der Waals surface area contributed by atoms with Crippen molar-refractivity contribution in [3.63, 3.8) is 0 Å². The standard InChI is InChI=1S/C17H17Cl2NO3S/c18-12-6-11(15(21)13(19)8-12)7-14-16(22)20(17(23)24-14)9-10-4-2-1-3-5-10/h6-8,10,21H,1-5,9H2/b14-7+. The van der Waals surface area contributed by atoms with Crippen molar-refractivity contribution >= 4 is 52.2 Å². The fraction of sp³-hybridized carbons (Fsp3) is 0.412. The third-order valence-electron chi connectivity index (χ3n) is 4.38. The topological polar surface area (TPSA) is 57.6 Å². The minimum Gasteiger partial charge on any atom is -0.506 e. The van der Waals surface area contributed by atoms with Gasteiger partial charge >= 0.3 is 0 Å². The molecule has 1 saturated heterocycles. The molecule has 2 amide bonds. The lowest BCUT2D eigenvalue weighted by molar-refractivity contribution is -0.123. The van der Waals surface area contributed by atoms with E-state index in [9.17, 15) is 14.7 Å². The number of phenolic OH excluding ortho intramolecular Hbond substituents is 1. The van der Waals surface area contributed by atoms with Crippen LogP contribution in [0.3, 0.4) is 0 Å². The van der Waals surface area contributed by atoms with Crippen molar-refractivity contribution in [3.8, 4) is 5.75 Å². The first-order valence-corrected chi connectivity index (χ1v) is 9.46. The van der Waals surface area contributed by atoms with E-state index in [1.807, 2.05) is 0 Å². The Bertz CT molecular complexity index is 714. The van der Waals surface area contributed by atoms with Crippen LogP contribution in [0.15, 0.2) is 17.0 Å². The molecule has 0 atom stereocenters. The van der Waals surface area contributed by atoms with Crippen LogP contribution in [0.1, 0.15) is 37.7 Å². The number of nitrogens with zero attached hydrogens (tertiary/aromatic N) is 1. The summed E-state index contributed by atoms with van der Waals surface area (Å²) in [6.45, 7) is 0.476. The van der Waals surface area contributed by atoms with Gasteiger partial charge in [0.05, 0.1) is 9.93 Å². The van der Waals surface area contributed by atoms with Crippen LogP contribution in [0.25, 0.3) is 6.08 Å². The normalized spacial score (nSPS) is 21.1. The summed E-state index contributed by atoms with van der Waals surface area (Å²) >= 11 is 12.7. The number of benzene rings is 1. The molecule has 128 valence electrons. The molecule has 0 bridgehead atoms. The van der Waals surface area contributed by atoms with E-state index in [0.29, 0.717) is 23.0 Å². The first-order valence-electron chi connectivity index (χ1n) is 7.89. The average molecular weight is 386 g/mol. The smallest absolute Gasteiger partial charge is 0.293 e. The minimum atomic E-state index is -0.314. The molecule has 2 aliphatic rings. The third kappa shape index (κ3) is 3.73. The molecule has 7 heteroatoms. The van der Waals surface area contributed by atoms with Crippen LogP contribution in [0.5, 0.6) is 5.75 Å². The summed E-state index contributed by atoms with van der Waals surface area (Å²) in [4.78, 5) is 26.3. The van der Waals surface area contributed by atoms with Crippen molar-refractivity contribution in [2.45, 2.75) is 32.1 Å². The molecule has 1 aromatic carbocycles. The fourth-order valence-corrected chi connectivity index (χ4v) is 4.47. The van der Waals surface area contributed by atoms with E-state index >= 15 is 0 Å². The number of carbonyl (C=O) groups excluding carboxylic acids is 2. The van der Waals surface area contributed by atoms with E-state index in [0.717, 1.165) is 37.4 Å². The molecule has 2 fully saturated rings. The van der Waals surface area contributed by atoms with Gasteiger partial charge in [-0.2, -0.15) is 0 Å². The van der Waals surface area contributed by atoms with Crippen LogP contribution in [0.4, 0.5) is 4.79 Å². The summed E-state index contributed by atoms with van der Waals surface area (Å²) in [5.41, 5.74) is 0.329. The first-order chi connectivity index (χ1) is 11.5. The second kappa shape index (κ2) is 7.38. The lowest BCUT2D eigenvalue weighted by atomic mass is 9.89. The molecular formula is C17H17Cl2NO3S. The van der Waals surface area contributed by atoms with Gasteiger partial charge in [-0.3, -0.25) is 14.5 Å². The second-order valence-corrected chi connectivity index (χ2v) is 7.96. The number of thioether (sulfide) groups is 1. The molecule has 1 aromatic rings. The van der Waals surface area contributed by atoms with Crippen LogP contribution in [0.2, 0.25) is 10.0 Å². The van der Waals surface area contributed by atoms with Crippen molar-refractivity contribution in [3.05, 3.63) is 32.6 Å². The monoisotopic (exact) mass is 385 g/mol. The molecule has 3 rings (SSSR count). The molecule has 1 N–H and O–H groups in total. The minimum absolute atomic E-state index is 0.107. The Hall–Kier alpha value is -1.17. The summed E-state index contributed by atoms with van der Waals surface area (Å²) in [5.74, 6) is -0.0770. The third-order valence-corrected chi connectivity index (χ3v) is 5.80. The molecule has 1 aliphatic carbocycles. The molecule has 1 aliphatic heterocycles. The Morgan fingerprint density at radius 2 is 1.92 bits per heavy atom. The number of amides is 2. The fourth-order valence-electron chi connectivity index (χ4n) is 3.12. The number of carbonyl (C=O) groups is 2. The predicted molar refractivity (Wildman–Crippen MR) is 97.4 cm³/mol. The summed E-state index contributed by atoms with van der Waals surface area (Å²) in [6, 6.07) is 2.93. The summed E-state index contributed by atoms with van der Waals surface area (Å²) in [6.07, 6.45) is 7.14. The Labute approximate surface area is 154 Å². The highest BCUT2D eigenvalue weighted by Gasteiger charge is 2.36. The molecular weight excluding hydrogens is 369 g/mol. The predicted octanol–water partition coefficient (Wildman–Crippen LogP) is 5.32. The van der Waals surface area contributed by atoms with Gasteiger partial charge in [0, 0.05) is 17.1 Å². The lowest BCUT2D eigenvalue weighted by Gasteiger charge is -2.25. The molecule has 4 nitrogen and oxygen atoms in total. The zero-order valence-electron chi connectivity index (χ0n) is 12.9. The molecule has 0 unspecified atom stereocenters. The number of halogens is 2. The molecule has 0 aromatic heterocycles. The van der Waals surface area contributed by atoms with E-state index in [4.69, 9.17) is 23.2 Å². The quantitative estimate of drug-likeness (QED) is 0.715. The van der Waals surface area contributed by atoms with Gasteiger partial charge in [-0.15, -0.1) is 0 Å². The van der Waals surface area contributed by atoms with Crippen LogP contribution in [0, 0.1) is 5.92 Å².